The third-order valence-electron chi connectivity index (χ3n) is 5.87. The largest absolute Gasteiger partial charge is 0.361 e. The Morgan fingerprint density at radius 3 is 2.30 bits per heavy atom. The molecule has 168 valence electrons. The third kappa shape index (κ3) is 5.72. The Kier molecular flexibility index (Phi) is 6.64. The Balaban J connectivity index is 0.000000118. The standard InChI is InChI=1S/C11H13N.C9H9NO.C9H9N/c1-8-3-5-10-6-4-9(2)12-11(10)7-8;1-6-2-3-8-7(4-6)5-9(11)10-8;1-7-2-3-9-8(6-7)4-5-10-9/h3,5,7,12H,2,4,6H2,1H3;2-4H,5H2,1H3,(H,10,11);2-6,10H,1H3. The maximum absolute atomic E-state index is 10.9. The van der Waals surface area contributed by atoms with Crippen LogP contribution >= 0.6 is 0 Å². The average molecular weight is 438 g/mol. The first-order valence-corrected chi connectivity index (χ1v) is 11.3. The van der Waals surface area contributed by atoms with Gasteiger partial charge >= 0.3 is 0 Å². The number of benzene rings is 3. The van der Waals surface area contributed by atoms with E-state index in [1.165, 1.54) is 38.8 Å². The summed E-state index contributed by atoms with van der Waals surface area (Å²) in [5.74, 6) is 0.102. The Hall–Kier alpha value is -3.79. The van der Waals surface area contributed by atoms with Crippen molar-refractivity contribution in [3.8, 4) is 0 Å². The van der Waals surface area contributed by atoms with Crippen LogP contribution in [-0.2, 0) is 17.6 Å². The van der Waals surface area contributed by atoms with Gasteiger partial charge in [-0.1, -0.05) is 48.0 Å². The van der Waals surface area contributed by atoms with E-state index >= 15 is 0 Å². The van der Waals surface area contributed by atoms with Crippen molar-refractivity contribution in [2.24, 2.45) is 0 Å². The first-order valence-electron chi connectivity index (χ1n) is 11.3. The van der Waals surface area contributed by atoms with Crippen molar-refractivity contribution < 1.29 is 4.79 Å². The summed E-state index contributed by atoms with van der Waals surface area (Å²) in [6.45, 7) is 10.2. The number of H-pyrrole nitrogens is 1. The van der Waals surface area contributed by atoms with Gasteiger partial charge in [0.25, 0.3) is 0 Å². The van der Waals surface area contributed by atoms with Gasteiger partial charge in [-0.2, -0.15) is 0 Å². The number of aromatic amines is 1. The minimum Gasteiger partial charge on any atom is -0.361 e. The lowest BCUT2D eigenvalue weighted by atomic mass is 10.0. The average Bonchev–Trinajstić information content (AvgIpc) is 3.39. The molecule has 0 saturated heterocycles. The monoisotopic (exact) mass is 437 g/mol. The molecule has 0 atom stereocenters. The van der Waals surface area contributed by atoms with E-state index in [2.05, 4.69) is 78.5 Å². The molecule has 0 bridgehead atoms. The number of aromatic nitrogens is 1. The van der Waals surface area contributed by atoms with Gasteiger partial charge in [0.2, 0.25) is 5.91 Å². The Bertz CT molecular complexity index is 1320. The topological polar surface area (TPSA) is 56.9 Å². The number of fused-ring (bicyclic) bond motifs is 3. The van der Waals surface area contributed by atoms with Crippen LogP contribution in [0.5, 0.6) is 0 Å². The van der Waals surface area contributed by atoms with Gasteiger partial charge in [-0.3, -0.25) is 4.79 Å². The molecule has 3 aromatic carbocycles. The van der Waals surface area contributed by atoms with E-state index in [0.29, 0.717) is 6.42 Å². The summed E-state index contributed by atoms with van der Waals surface area (Å²) < 4.78 is 0. The summed E-state index contributed by atoms with van der Waals surface area (Å²) in [5, 5.41) is 7.38. The molecular formula is C29H31N3O. The number of carbonyl (C=O) groups is 1. The Morgan fingerprint density at radius 1 is 0.727 bits per heavy atom. The first kappa shape index (κ1) is 22.4. The number of hydrogen-bond donors (Lipinski definition) is 3. The van der Waals surface area contributed by atoms with Crippen LogP contribution in [0.2, 0.25) is 0 Å². The number of amides is 1. The number of carbonyl (C=O) groups excluding carboxylic acids is 1. The van der Waals surface area contributed by atoms with E-state index in [4.69, 9.17) is 0 Å². The number of nitrogens with one attached hydrogen (secondary N) is 3. The fourth-order valence-electron chi connectivity index (χ4n) is 4.09. The molecule has 33 heavy (non-hydrogen) atoms. The molecule has 1 amide bonds. The van der Waals surface area contributed by atoms with Crippen molar-refractivity contribution in [3.05, 3.63) is 107 Å². The van der Waals surface area contributed by atoms with Gasteiger partial charge in [0.05, 0.1) is 6.42 Å². The fraction of sp³-hybridized carbons (Fsp3) is 0.207. The van der Waals surface area contributed by atoms with Crippen molar-refractivity contribution in [1.82, 2.24) is 4.98 Å². The molecule has 2 aliphatic heterocycles. The lowest BCUT2D eigenvalue weighted by molar-refractivity contribution is -0.115. The second kappa shape index (κ2) is 9.78. The number of allylic oxidation sites excluding steroid dienone is 1. The molecule has 0 unspecified atom stereocenters. The Morgan fingerprint density at radius 2 is 1.45 bits per heavy atom. The van der Waals surface area contributed by atoms with Crippen LogP contribution in [0.25, 0.3) is 10.9 Å². The summed E-state index contributed by atoms with van der Waals surface area (Å²) in [4.78, 5) is 14.0. The predicted octanol–water partition coefficient (Wildman–Crippen LogP) is 6.83. The molecule has 0 radical (unpaired) electrons. The molecule has 3 heterocycles. The minimum atomic E-state index is 0.102. The molecule has 4 aromatic rings. The predicted molar refractivity (Wildman–Crippen MR) is 139 cm³/mol. The zero-order valence-corrected chi connectivity index (χ0v) is 19.6. The quantitative estimate of drug-likeness (QED) is 0.282. The van der Waals surface area contributed by atoms with E-state index in [0.717, 1.165) is 29.8 Å². The van der Waals surface area contributed by atoms with Gasteiger partial charge in [-0.05, 0) is 86.0 Å². The van der Waals surface area contributed by atoms with E-state index in [9.17, 15) is 4.79 Å². The normalized spacial score (nSPS) is 13.5. The molecule has 0 spiro atoms. The molecule has 0 saturated carbocycles. The molecule has 4 nitrogen and oxygen atoms in total. The Labute approximate surface area is 195 Å². The summed E-state index contributed by atoms with van der Waals surface area (Å²) in [5.41, 5.74) is 10.9. The minimum absolute atomic E-state index is 0.102. The number of anilines is 2. The highest BCUT2D eigenvalue weighted by molar-refractivity contribution is 5.99. The zero-order chi connectivity index (χ0) is 23.4. The molecule has 6 rings (SSSR count). The van der Waals surface area contributed by atoms with E-state index in [-0.39, 0.29) is 5.91 Å². The van der Waals surface area contributed by atoms with Crippen molar-refractivity contribution in [1.29, 1.82) is 0 Å². The van der Waals surface area contributed by atoms with Crippen LogP contribution in [0, 0.1) is 20.8 Å². The maximum Gasteiger partial charge on any atom is 0.228 e. The molecule has 0 aliphatic carbocycles. The van der Waals surface area contributed by atoms with Crippen LogP contribution in [0.1, 0.15) is 34.2 Å². The van der Waals surface area contributed by atoms with E-state index in [1.54, 1.807) is 0 Å². The molecule has 0 fully saturated rings. The highest BCUT2D eigenvalue weighted by Crippen LogP contribution is 2.26. The van der Waals surface area contributed by atoms with Gasteiger partial charge in [0.15, 0.2) is 0 Å². The van der Waals surface area contributed by atoms with Crippen molar-refractivity contribution >= 4 is 28.2 Å². The van der Waals surface area contributed by atoms with Crippen LogP contribution in [0.4, 0.5) is 11.4 Å². The first-order chi connectivity index (χ1) is 15.9. The summed E-state index contributed by atoms with van der Waals surface area (Å²) >= 11 is 0. The zero-order valence-electron chi connectivity index (χ0n) is 19.6. The summed E-state index contributed by atoms with van der Waals surface area (Å²) in [6.07, 6.45) is 4.69. The SMILES string of the molecule is C=C1CCc2ccc(C)cc2N1.Cc1ccc2[nH]ccc2c1.Cc1ccc2c(c1)CC(=O)N2. The molecule has 4 heteroatoms. The second-order valence-corrected chi connectivity index (χ2v) is 8.84. The van der Waals surface area contributed by atoms with Crippen molar-refractivity contribution in [2.45, 2.75) is 40.0 Å². The van der Waals surface area contributed by atoms with Crippen LogP contribution in [0.3, 0.4) is 0 Å². The van der Waals surface area contributed by atoms with E-state index in [1.807, 2.05) is 31.3 Å². The number of hydrogen-bond acceptors (Lipinski definition) is 2. The van der Waals surface area contributed by atoms with Crippen LogP contribution in [-0.4, -0.2) is 10.9 Å². The fourth-order valence-corrected chi connectivity index (χ4v) is 4.09. The highest BCUT2D eigenvalue weighted by Gasteiger charge is 2.16. The van der Waals surface area contributed by atoms with Crippen LogP contribution < -0.4 is 10.6 Å². The smallest absolute Gasteiger partial charge is 0.228 e. The third-order valence-corrected chi connectivity index (χ3v) is 5.87. The second-order valence-electron chi connectivity index (χ2n) is 8.84. The van der Waals surface area contributed by atoms with Crippen molar-refractivity contribution in [2.75, 3.05) is 10.6 Å². The van der Waals surface area contributed by atoms with Gasteiger partial charge in [0, 0.05) is 28.8 Å². The van der Waals surface area contributed by atoms with Crippen LogP contribution in [0.15, 0.2) is 79.1 Å². The van der Waals surface area contributed by atoms with Gasteiger partial charge in [-0.25, -0.2) is 0 Å². The highest BCUT2D eigenvalue weighted by atomic mass is 16.1. The number of aryl methyl sites for hydroxylation is 4. The lowest BCUT2D eigenvalue weighted by Crippen LogP contribution is -2.08. The molecular weight excluding hydrogens is 406 g/mol. The molecule has 3 N–H and O–H groups in total. The summed E-state index contributed by atoms with van der Waals surface area (Å²) in [7, 11) is 0. The summed E-state index contributed by atoms with van der Waals surface area (Å²) in [6, 6.07) is 21.0. The van der Waals surface area contributed by atoms with Gasteiger partial charge in [0.1, 0.15) is 0 Å². The molecule has 1 aromatic heterocycles. The van der Waals surface area contributed by atoms with Gasteiger partial charge in [-0.15, -0.1) is 0 Å². The van der Waals surface area contributed by atoms with E-state index < -0.39 is 0 Å². The lowest BCUT2D eigenvalue weighted by Gasteiger charge is -2.20. The van der Waals surface area contributed by atoms with Gasteiger partial charge < -0.3 is 15.6 Å². The molecule has 2 aliphatic rings. The maximum atomic E-state index is 10.9. The van der Waals surface area contributed by atoms with Crippen molar-refractivity contribution in [3.63, 3.8) is 0 Å². The number of rotatable bonds is 0.